The van der Waals surface area contributed by atoms with Crippen LogP contribution in [0.3, 0.4) is 0 Å². The number of ether oxygens (including phenoxy) is 1. The van der Waals surface area contributed by atoms with Crippen LogP contribution in [0.25, 0.3) is 0 Å². The molecule has 1 saturated heterocycles. The lowest BCUT2D eigenvalue weighted by Crippen LogP contribution is -2.27. The Morgan fingerprint density at radius 2 is 2.00 bits per heavy atom. The second-order valence-corrected chi connectivity index (χ2v) is 7.65. The van der Waals surface area contributed by atoms with Crippen molar-refractivity contribution < 1.29 is 13.2 Å². The molecule has 0 spiro atoms. The Hall–Kier alpha value is -1.43. The largest absolute Gasteiger partial charge is 0.489 e. The number of hydrogen-bond acceptors (Lipinski definition) is 5. The molecule has 0 aromatic heterocycles. The normalized spacial score (nSPS) is 18.9. The van der Waals surface area contributed by atoms with Crippen molar-refractivity contribution in [2.45, 2.75) is 26.4 Å². The van der Waals surface area contributed by atoms with E-state index in [1.807, 2.05) is 36.9 Å². The number of hydrogen-bond donors (Lipinski definition) is 1. The monoisotopic (exact) mass is 298 g/mol. The second kappa shape index (κ2) is 5.91. The fourth-order valence-electron chi connectivity index (χ4n) is 2.34. The van der Waals surface area contributed by atoms with Crippen LogP contribution in [0.2, 0.25) is 0 Å². The molecule has 2 rings (SSSR count). The van der Waals surface area contributed by atoms with Crippen molar-refractivity contribution in [3.63, 3.8) is 0 Å². The molecule has 0 atom stereocenters. The van der Waals surface area contributed by atoms with Gasteiger partial charge in [-0.1, -0.05) is 6.07 Å². The molecular formula is C14H22N2O3S. The molecule has 1 aliphatic heterocycles. The van der Waals surface area contributed by atoms with Gasteiger partial charge in [0.15, 0.2) is 9.84 Å². The Labute approximate surface area is 120 Å². The minimum atomic E-state index is -2.92. The summed E-state index contributed by atoms with van der Waals surface area (Å²) in [7, 11) is -2.92. The average molecular weight is 298 g/mol. The van der Waals surface area contributed by atoms with Gasteiger partial charge >= 0.3 is 0 Å². The molecule has 5 nitrogen and oxygen atoms in total. The van der Waals surface area contributed by atoms with E-state index in [1.54, 1.807) is 0 Å². The summed E-state index contributed by atoms with van der Waals surface area (Å²) in [5.41, 5.74) is 7.61. The smallest absolute Gasteiger partial charge is 0.152 e. The van der Waals surface area contributed by atoms with Gasteiger partial charge in [0, 0.05) is 13.1 Å². The molecular weight excluding hydrogens is 276 g/mol. The zero-order valence-electron chi connectivity index (χ0n) is 12.0. The lowest BCUT2D eigenvalue weighted by Gasteiger charge is -2.25. The third-order valence-corrected chi connectivity index (χ3v) is 5.02. The molecule has 1 fully saturated rings. The molecule has 6 heteroatoms. The molecule has 112 valence electrons. The van der Waals surface area contributed by atoms with E-state index in [-0.39, 0.29) is 17.6 Å². The Kier molecular flexibility index (Phi) is 4.42. The minimum Gasteiger partial charge on any atom is -0.489 e. The van der Waals surface area contributed by atoms with Gasteiger partial charge in [0.1, 0.15) is 5.75 Å². The topological polar surface area (TPSA) is 72.6 Å². The lowest BCUT2D eigenvalue weighted by atomic mass is 10.2. The number of rotatable bonds is 3. The van der Waals surface area contributed by atoms with E-state index < -0.39 is 9.84 Å². The van der Waals surface area contributed by atoms with Crippen LogP contribution in [0.4, 0.5) is 11.4 Å². The Morgan fingerprint density at radius 1 is 1.25 bits per heavy atom. The quantitative estimate of drug-likeness (QED) is 0.860. The van der Waals surface area contributed by atoms with Crippen molar-refractivity contribution in [3.8, 4) is 5.75 Å². The molecule has 1 aromatic carbocycles. The third kappa shape index (κ3) is 3.56. The van der Waals surface area contributed by atoms with Gasteiger partial charge in [0.05, 0.1) is 29.0 Å². The zero-order chi connectivity index (χ0) is 14.8. The number of anilines is 2. The van der Waals surface area contributed by atoms with E-state index in [1.165, 1.54) is 0 Å². The summed E-state index contributed by atoms with van der Waals surface area (Å²) in [5.74, 6) is 1.09. The number of nitrogen functional groups attached to an aromatic ring is 1. The van der Waals surface area contributed by atoms with Gasteiger partial charge in [0.2, 0.25) is 0 Å². The number of nitrogens with two attached hydrogens (primary N) is 1. The maximum absolute atomic E-state index is 11.7. The molecule has 2 N–H and O–H groups in total. The maximum Gasteiger partial charge on any atom is 0.152 e. The fourth-order valence-corrected chi connectivity index (χ4v) is 3.62. The molecule has 0 radical (unpaired) electrons. The Balaban J connectivity index is 2.24. The van der Waals surface area contributed by atoms with Crippen LogP contribution in [0.1, 0.15) is 20.3 Å². The highest BCUT2D eigenvalue weighted by molar-refractivity contribution is 7.91. The Bertz CT molecular complexity index is 570. The SMILES string of the molecule is CC(C)Oc1cccc(N2CCCS(=O)(=O)CC2)c1N. The lowest BCUT2D eigenvalue weighted by molar-refractivity contribution is 0.244. The average Bonchev–Trinajstić information content (AvgIpc) is 2.53. The molecule has 0 aliphatic carbocycles. The highest BCUT2D eigenvalue weighted by atomic mass is 32.2. The molecule has 0 amide bonds. The molecule has 1 heterocycles. The summed E-state index contributed by atoms with van der Waals surface area (Å²) >= 11 is 0. The third-order valence-electron chi connectivity index (χ3n) is 3.30. The van der Waals surface area contributed by atoms with E-state index in [0.717, 1.165) is 5.69 Å². The molecule has 1 aromatic rings. The van der Waals surface area contributed by atoms with Crippen molar-refractivity contribution in [2.24, 2.45) is 0 Å². The molecule has 20 heavy (non-hydrogen) atoms. The van der Waals surface area contributed by atoms with Crippen LogP contribution in [-0.4, -0.2) is 39.1 Å². The number of sulfone groups is 1. The number of nitrogens with zero attached hydrogens (tertiary/aromatic N) is 1. The molecule has 1 aliphatic rings. The van der Waals surface area contributed by atoms with E-state index >= 15 is 0 Å². The van der Waals surface area contributed by atoms with Gasteiger partial charge in [0.25, 0.3) is 0 Å². The maximum atomic E-state index is 11.7. The molecule has 0 bridgehead atoms. The molecule has 0 saturated carbocycles. The van der Waals surface area contributed by atoms with Crippen LogP contribution in [0.15, 0.2) is 18.2 Å². The Morgan fingerprint density at radius 3 is 2.70 bits per heavy atom. The number of benzene rings is 1. The van der Waals surface area contributed by atoms with Crippen molar-refractivity contribution in [2.75, 3.05) is 35.2 Å². The second-order valence-electron chi connectivity index (χ2n) is 5.35. The summed E-state index contributed by atoms with van der Waals surface area (Å²) in [6.07, 6.45) is 0.689. The first-order valence-electron chi connectivity index (χ1n) is 6.89. The van der Waals surface area contributed by atoms with Crippen molar-refractivity contribution in [1.29, 1.82) is 0 Å². The number of para-hydroxylation sites is 1. The standard InChI is InChI=1S/C14H22N2O3S/c1-11(2)19-13-6-3-5-12(14(13)15)16-7-4-9-20(17,18)10-8-16/h3,5-6,11H,4,7-10,15H2,1-2H3. The van der Waals surface area contributed by atoms with Crippen LogP contribution in [0.5, 0.6) is 5.75 Å². The zero-order valence-corrected chi connectivity index (χ0v) is 12.8. The summed E-state index contributed by atoms with van der Waals surface area (Å²) < 4.78 is 29.0. The van der Waals surface area contributed by atoms with Gasteiger partial charge in [-0.25, -0.2) is 8.42 Å². The van der Waals surface area contributed by atoms with Crippen molar-refractivity contribution in [1.82, 2.24) is 0 Å². The summed E-state index contributed by atoms with van der Waals surface area (Å²) in [5, 5.41) is 0. The summed E-state index contributed by atoms with van der Waals surface area (Å²) in [6, 6.07) is 5.65. The van der Waals surface area contributed by atoms with Crippen LogP contribution < -0.4 is 15.4 Å². The van der Waals surface area contributed by atoms with Crippen LogP contribution >= 0.6 is 0 Å². The minimum absolute atomic E-state index is 0.0528. The van der Waals surface area contributed by atoms with E-state index in [4.69, 9.17) is 10.5 Å². The predicted molar refractivity (Wildman–Crippen MR) is 82.1 cm³/mol. The van der Waals surface area contributed by atoms with Crippen LogP contribution in [0, 0.1) is 0 Å². The van der Waals surface area contributed by atoms with Gasteiger partial charge in [-0.2, -0.15) is 0 Å². The van der Waals surface area contributed by atoms with Crippen molar-refractivity contribution >= 4 is 21.2 Å². The van der Waals surface area contributed by atoms with Gasteiger partial charge < -0.3 is 15.4 Å². The van der Waals surface area contributed by atoms with Gasteiger partial charge in [-0.05, 0) is 32.4 Å². The first-order chi connectivity index (χ1) is 9.39. The van der Waals surface area contributed by atoms with Gasteiger partial charge in [-0.15, -0.1) is 0 Å². The van der Waals surface area contributed by atoms with E-state index in [0.29, 0.717) is 30.9 Å². The fraction of sp³-hybridized carbons (Fsp3) is 0.571. The van der Waals surface area contributed by atoms with Crippen LogP contribution in [-0.2, 0) is 9.84 Å². The molecule has 0 unspecified atom stereocenters. The van der Waals surface area contributed by atoms with E-state index in [9.17, 15) is 8.42 Å². The first kappa shape index (κ1) is 15.0. The summed E-state index contributed by atoms with van der Waals surface area (Å²) in [6.45, 7) is 5.08. The van der Waals surface area contributed by atoms with Gasteiger partial charge in [-0.3, -0.25) is 0 Å². The van der Waals surface area contributed by atoms with E-state index in [2.05, 4.69) is 0 Å². The predicted octanol–water partition coefficient (Wildman–Crippen LogP) is 1.68. The first-order valence-corrected chi connectivity index (χ1v) is 8.72. The van der Waals surface area contributed by atoms with Crippen molar-refractivity contribution in [3.05, 3.63) is 18.2 Å². The highest BCUT2D eigenvalue weighted by Gasteiger charge is 2.21. The summed E-state index contributed by atoms with van der Waals surface area (Å²) in [4.78, 5) is 2.03. The highest BCUT2D eigenvalue weighted by Crippen LogP contribution is 2.33.